The first-order chi connectivity index (χ1) is 18.8. The van der Waals surface area contributed by atoms with Gasteiger partial charge in [-0.15, -0.1) is 0 Å². The molecule has 1 N–H and O–H groups in total. The van der Waals surface area contributed by atoms with Crippen LogP contribution in [-0.4, -0.2) is 102 Å². The SMILES string of the molecule is FC(F)(F)C(F)(F)C(F)(F)C(F)(F)C(F)(F)C(F)(F)C(F)(F)C(F)(F)C(F)(F)C(F)(F)[C](F)(F)[Na].O=C(O)c1ccccc1. The third-order valence-electron chi connectivity index (χ3n) is 5.08. The summed E-state index contributed by atoms with van der Waals surface area (Å²) in [7, 11) is 0. The molecule has 0 fully saturated rings. The summed E-state index contributed by atoms with van der Waals surface area (Å²) in [6, 6.07) is 8.30. The van der Waals surface area contributed by atoms with Crippen LogP contribution >= 0.6 is 0 Å². The van der Waals surface area contributed by atoms with Crippen LogP contribution in [0.15, 0.2) is 30.3 Å². The van der Waals surface area contributed by atoms with Gasteiger partial charge in [-0.3, -0.25) is 0 Å². The van der Waals surface area contributed by atoms with Crippen molar-refractivity contribution in [3.8, 4) is 0 Å². The molecule has 0 radical (unpaired) electrons. The third kappa shape index (κ3) is 6.11. The summed E-state index contributed by atoms with van der Waals surface area (Å²) in [6.45, 7) is 0. The van der Waals surface area contributed by atoms with E-state index in [1.807, 2.05) is 0 Å². The molecule has 0 aliphatic carbocycles. The van der Waals surface area contributed by atoms with Gasteiger partial charge in [-0.05, 0) is 12.1 Å². The first kappa shape index (κ1) is 42.1. The summed E-state index contributed by atoms with van der Waals surface area (Å²) in [5.41, 5.74) is 0.331. The number of carboxylic acids is 1. The predicted octanol–water partition coefficient (Wildman–Crippen LogP) is 8.41. The van der Waals surface area contributed by atoms with Crippen molar-refractivity contribution < 1.29 is 111 Å². The van der Waals surface area contributed by atoms with Crippen LogP contribution in [0.4, 0.5) is 101 Å². The molecule has 2 nitrogen and oxygen atoms in total. The monoisotopic (exact) mass is 714 g/mol. The first-order valence-corrected chi connectivity index (χ1v) is 10.9. The van der Waals surface area contributed by atoms with Crippen LogP contribution in [0, 0.1) is 0 Å². The van der Waals surface area contributed by atoms with Crippen molar-refractivity contribution in [2.24, 2.45) is 0 Å². The average Bonchev–Trinajstić information content (AvgIpc) is 2.82. The maximum Gasteiger partial charge on any atom is 0.335 e. The molecule has 1 aromatic rings. The molecule has 1 rings (SSSR count). The number of hydrogen-bond donors (Lipinski definition) is 1. The van der Waals surface area contributed by atoms with E-state index in [-0.39, 0.29) is 0 Å². The normalized spacial score (nSPS) is 15.5. The number of carboxylic acid groups (broad SMARTS) is 1. The van der Waals surface area contributed by atoms with E-state index >= 15 is 0 Å². The molecule has 44 heavy (non-hydrogen) atoms. The summed E-state index contributed by atoms with van der Waals surface area (Å²) in [6.07, 6.45) is -8.07. The van der Waals surface area contributed by atoms with Gasteiger partial charge in [0.05, 0.1) is 5.56 Å². The molecule has 0 spiro atoms. The van der Waals surface area contributed by atoms with E-state index in [0.29, 0.717) is 5.56 Å². The zero-order valence-electron chi connectivity index (χ0n) is 19.9. The van der Waals surface area contributed by atoms with Crippen LogP contribution in [0.2, 0.25) is 0 Å². The molecule has 0 atom stereocenters. The Morgan fingerprint density at radius 3 is 0.841 bits per heavy atom. The molecular formula is C18H6F23NaO2. The summed E-state index contributed by atoms with van der Waals surface area (Å²) < 4.78 is 290. The van der Waals surface area contributed by atoms with E-state index in [0.717, 1.165) is 0 Å². The van der Waals surface area contributed by atoms with Gasteiger partial charge >= 0.3 is 198 Å². The van der Waals surface area contributed by atoms with Gasteiger partial charge in [-0.2, -0.15) is 0 Å². The standard InChI is InChI=1S/C11F23.C7H6O2.Na/c12-1(13)2(14,15)3(16,17)4(18,19)5(20,21)6(22,23)7(24,25)8(26,27)9(28,29)10(30,31)11(32,33)34;8-7(9)6-4-2-1-3-5-6;/h;1-5H,(H,8,9);. The zero-order valence-corrected chi connectivity index (χ0v) is 21.9. The Kier molecular flexibility index (Phi) is 11.2. The van der Waals surface area contributed by atoms with Crippen LogP contribution in [0.1, 0.15) is 10.4 Å². The molecule has 0 saturated carbocycles. The fourth-order valence-corrected chi connectivity index (χ4v) is 2.73. The van der Waals surface area contributed by atoms with Gasteiger partial charge in [0.2, 0.25) is 0 Å². The molecular weight excluding hydrogens is 708 g/mol. The molecule has 0 bridgehead atoms. The molecule has 0 unspecified atom stereocenters. The van der Waals surface area contributed by atoms with Crippen molar-refractivity contribution in [1.82, 2.24) is 0 Å². The minimum atomic E-state index is -9.34. The number of rotatable bonds is 10. The van der Waals surface area contributed by atoms with E-state index in [9.17, 15) is 106 Å². The molecule has 0 amide bonds. The van der Waals surface area contributed by atoms with Crippen molar-refractivity contribution in [1.29, 1.82) is 0 Å². The van der Waals surface area contributed by atoms with Gasteiger partial charge in [0, 0.05) is 0 Å². The second-order valence-corrected chi connectivity index (χ2v) is 9.48. The molecule has 0 saturated heterocycles. The maximum absolute atomic E-state index is 13.3. The quantitative estimate of drug-likeness (QED) is 0.195. The van der Waals surface area contributed by atoms with Gasteiger partial charge in [-0.1, -0.05) is 18.2 Å². The number of halogens is 23. The third-order valence-corrected chi connectivity index (χ3v) is 5.71. The van der Waals surface area contributed by atoms with Crippen molar-refractivity contribution in [2.75, 3.05) is 0 Å². The first-order valence-electron chi connectivity index (χ1n) is 9.94. The molecule has 1 aromatic carbocycles. The zero-order chi connectivity index (χ0) is 36.2. The smallest absolute Gasteiger partial charge is 0.335 e. The number of aromatic carboxylic acids is 1. The van der Waals surface area contributed by atoms with Crippen molar-refractivity contribution >= 4 is 33.9 Å². The number of carbonyl (C=O) groups is 1. The molecule has 0 aliphatic heterocycles. The Morgan fingerprint density at radius 1 is 0.432 bits per heavy atom. The van der Waals surface area contributed by atoms with Crippen molar-refractivity contribution in [3.05, 3.63) is 35.9 Å². The van der Waals surface area contributed by atoms with Crippen LogP contribution in [0.25, 0.3) is 0 Å². The molecule has 252 valence electrons. The van der Waals surface area contributed by atoms with Gasteiger partial charge in [0.15, 0.2) is 0 Å². The summed E-state index contributed by atoms with van der Waals surface area (Å²) in [4.78, 5) is 10.2. The number of alkyl halides is 23. The van der Waals surface area contributed by atoms with E-state index in [1.165, 1.54) is 0 Å². The topological polar surface area (TPSA) is 37.3 Å². The van der Waals surface area contributed by atoms with Crippen LogP contribution in [-0.2, 0) is 0 Å². The van der Waals surface area contributed by atoms with E-state index in [4.69, 9.17) is 5.11 Å². The Balaban J connectivity index is 0.00000174. The Labute approximate surface area is 243 Å². The van der Waals surface area contributed by atoms with Crippen LogP contribution in [0.5, 0.6) is 0 Å². The van der Waals surface area contributed by atoms with E-state index in [1.54, 1.807) is 30.3 Å². The fraction of sp³-hybridized carbons (Fsp3) is 0.611. The Morgan fingerprint density at radius 2 is 0.659 bits per heavy atom. The molecule has 0 heterocycles. The Hall–Kier alpha value is -1.92. The second-order valence-electron chi connectivity index (χ2n) is 8.23. The van der Waals surface area contributed by atoms with Crippen molar-refractivity contribution in [3.63, 3.8) is 0 Å². The Bertz CT molecular complexity index is 1090. The van der Waals surface area contributed by atoms with Crippen LogP contribution < -0.4 is 0 Å². The van der Waals surface area contributed by atoms with E-state index < -0.39 is 96.6 Å². The van der Waals surface area contributed by atoms with Gasteiger partial charge in [0.25, 0.3) is 0 Å². The van der Waals surface area contributed by atoms with Gasteiger partial charge in [-0.25, -0.2) is 4.79 Å². The van der Waals surface area contributed by atoms with Crippen molar-refractivity contribution in [2.45, 2.75) is 62.7 Å². The molecule has 26 heteroatoms. The summed E-state index contributed by atoms with van der Waals surface area (Å²) >= 11 is -2.69. The summed E-state index contributed by atoms with van der Waals surface area (Å²) in [5.74, 6) is -80.9. The molecule has 0 aromatic heterocycles. The fourth-order valence-electron chi connectivity index (χ4n) is 2.41. The maximum atomic E-state index is 13.3. The minimum absolute atomic E-state index is 0.331. The predicted molar refractivity (Wildman–Crippen MR) is 94.7 cm³/mol. The number of hydrogen-bond acceptors (Lipinski definition) is 1. The van der Waals surface area contributed by atoms with E-state index in [2.05, 4.69) is 0 Å². The minimum Gasteiger partial charge on any atom is -0.478 e. The second kappa shape index (κ2) is 11.7. The largest absolute Gasteiger partial charge is 0.478 e. The summed E-state index contributed by atoms with van der Waals surface area (Å²) in [5, 5.41) is 8.38. The molecule has 0 aliphatic rings. The number of benzene rings is 1. The van der Waals surface area contributed by atoms with Gasteiger partial charge < -0.3 is 5.11 Å². The van der Waals surface area contributed by atoms with Gasteiger partial charge in [0.1, 0.15) is 0 Å². The van der Waals surface area contributed by atoms with Crippen LogP contribution in [0.3, 0.4) is 0 Å². The average molecular weight is 714 g/mol.